The summed E-state index contributed by atoms with van der Waals surface area (Å²) in [5.41, 5.74) is 0.240. The largest absolute Gasteiger partial charge is 0.325 e. The molecule has 0 radical (unpaired) electrons. The predicted octanol–water partition coefficient (Wildman–Crippen LogP) is 2.90. The van der Waals surface area contributed by atoms with Gasteiger partial charge < -0.3 is 5.32 Å². The Labute approximate surface area is 157 Å². The number of rotatable bonds is 3. The highest BCUT2D eigenvalue weighted by atomic mass is 35.5. The van der Waals surface area contributed by atoms with E-state index in [-0.39, 0.29) is 17.1 Å². The maximum absolute atomic E-state index is 13.3. The first-order valence-corrected chi connectivity index (χ1v) is 10.1. The van der Waals surface area contributed by atoms with Crippen LogP contribution in [0.2, 0.25) is 5.02 Å². The summed E-state index contributed by atoms with van der Waals surface area (Å²) in [6, 6.07) is 4.61. The molecule has 1 aliphatic heterocycles. The summed E-state index contributed by atoms with van der Waals surface area (Å²) in [7, 11) is -2.66. The van der Waals surface area contributed by atoms with E-state index in [9.17, 15) is 22.0 Å². The van der Waals surface area contributed by atoms with Crippen molar-refractivity contribution >= 4 is 44.7 Å². The second kappa shape index (κ2) is 7.20. The third kappa shape index (κ3) is 3.89. The van der Waals surface area contributed by atoms with Crippen molar-refractivity contribution in [2.45, 2.75) is 18.5 Å². The summed E-state index contributed by atoms with van der Waals surface area (Å²) in [4.78, 5) is 13.1. The van der Waals surface area contributed by atoms with Crippen molar-refractivity contribution in [3.05, 3.63) is 51.2 Å². The van der Waals surface area contributed by atoms with Crippen molar-refractivity contribution in [3.63, 3.8) is 0 Å². The molecule has 0 spiro atoms. The Kier molecular flexibility index (Phi) is 5.31. The molecule has 2 N–H and O–H groups in total. The Morgan fingerprint density at radius 2 is 2.08 bits per heavy atom. The Balaban J connectivity index is 1.83. The first-order valence-electron chi connectivity index (χ1n) is 7.44. The van der Waals surface area contributed by atoms with Crippen LogP contribution in [0.1, 0.15) is 17.3 Å². The second-order valence-electron chi connectivity index (χ2n) is 5.70. The molecule has 0 aliphatic carbocycles. The molecule has 1 aromatic heterocycles. The van der Waals surface area contributed by atoms with Crippen LogP contribution in [0.4, 0.5) is 14.5 Å². The van der Waals surface area contributed by atoms with Crippen LogP contribution in [0.15, 0.2) is 30.3 Å². The summed E-state index contributed by atoms with van der Waals surface area (Å²) in [6.07, 6.45) is 0.108. The van der Waals surface area contributed by atoms with Gasteiger partial charge in [-0.1, -0.05) is 11.6 Å². The van der Waals surface area contributed by atoms with Gasteiger partial charge >= 0.3 is 0 Å². The standard InChI is InChI=1S/C15H14ClF2N3O3S2/c1-21-12(15(22)19-8-2-3-10(17)9(16)6-8)7-11(20-26(21,23)24)13-4-5-14(18)25-13/h2-6,11-12,20H,7H2,1H3,(H,19,22)/t11-,12+/m1/s1. The van der Waals surface area contributed by atoms with E-state index in [0.717, 1.165) is 21.7 Å². The van der Waals surface area contributed by atoms with Crippen molar-refractivity contribution in [1.82, 2.24) is 9.03 Å². The molecular weight excluding hydrogens is 408 g/mol. The minimum absolute atomic E-state index is 0.108. The van der Waals surface area contributed by atoms with Crippen LogP contribution in [0.5, 0.6) is 0 Å². The molecule has 1 saturated heterocycles. The van der Waals surface area contributed by atoms with Gasteiger partial charge in [0.05, 0.1) is 11.1 Å². The molecule has 6 nitrogen and oxygen atoms in total. The lowest BCUT2D eigenvalue weighted by Crippen LogP contribution is -2.55. The van der Waals surface area contributed by atoms with Gasteiger partial charge in [0, 0.05) is 17.6 Å². The predicted molar refractivity (Wildman–Crippen MR) is 95.3 cm³/mol. The third-order valence-electron chi connectivity index (χ3n) is 4.00. The van der Waals surface area contributed by atoms with Gasteiger partial charge in [-0.3, -0.25) is 4.79 Å². The normalized spacial score (nSPS) is 22.9. The molecule has 2 atom stereocenters. The van der Waals surface area contributed by atoms with E-state index in [0.29, 0.717) is 4.88 Å². The Morgan fingerprint density at radius 1 is 1.35 bits per heavy atom. The summed E-state index contributed by atoms with van der Waals surface area (Å²) in [5, 5.41) is 1.92. The second-order valence-corrected chi connectivity index (χ2v) is 8.94. The molecular formula is C15H14ClF2N3O3S2. The molecule has 1 aliphatic rings. The number of hydrogen-bond donors (Lipinski definition) is 2. The number of benzene rings is 1. The van der Waals surface area contributed by atoms with Gasteiger partial charge in [-0.25, -0.2) is 4.39 Å². The minimum Gasteiger partial charge on any atom is -0.325 e. The number of anilines is 1. The van der Waals surface area contributed by atoms with Gasteiger partial charge in [0.25, 0.3) is 10.2 Å². The molecule has 2 aromatic rings. The van der Waals surface area contributed by atoms with Crippen molar-refractivity contribution in [2.75, 3.05) is 12.4 Å². The number of halogens is 3. The molecule has 140 valence electrons. The molecule has 2 heterocycles. The molecule has 0 unspecified atom stereocenters. The van der Waals surface area contributed by atoms with Gasteiger partial charge in [0.1, 0.15) is 11.9 Å². The molecule has 1 amide bonds. The first kappa shape index (κ1) is 19.2. The lowest BCUT2D eigenvalue weighted by atomic mass is 10.1. The van der Waals surface area contributed by atoms with Crippen LogP contribution in [-0.2, 0) is 15.0 Å². The molecule has 0 bridgehead atoms. The number of amides is 1. The van der Waals surface area contributed by atoms with Gasteiger partial charge in [-0.2, -0.15) is 21.8 Å². The van der Waals surface area contributed by atoms with E-state index in [1.165, 1.54) is 31.3 Å². The monoisotopic (exact) mass is 421 g/mol. The molecule has 1 fully saturated rings. The zero-order valence-electron chi connectivity index (χ0n) is 13.4. The smallest absolute Gasteiger partial charge is 0.280 e. The molecule has 3 rings (SSSR count). The lowest BCUT2D eigenvalue weighted by molar-refractivity contribution is -0.120. The fourth-order valence-electron chi connectivity index (χ4n) is 2.61. The van der Waals surface area contributed by atoms with Crippen molar-refractivity contribution in [3.8, 4) is 0 Å². The third-order valence-corrected chi connectivity index (χ3v) is 6.87. The van der Waals surface area contributed by atoms with Gasteiger partial charge in [-0.05, 0) is 36.8 Å². The number of likely N-dealkylation sites (N-methyl/N-ethyl adjacent to an activating group) is 1. The highest BCUT2D eigenvalue weighted by molar-refractivity contribution is 7.87. The Bertz CT molecular complexity index is 951. The van der Waals surface area contributed by atoms with Crippen LogP contribution in [0.3, 0.4) is 0 Å². The Hall–Kier alpha value is -1.59. The first-order chi connectivity index (χ1) is 12.2. The molecule has 26 heavy (non-hydrogen) atoms. The number of carbonyl (C=O) groups excluding carboxylic acids is 1. The molecule has 1 aromatic carbocycles. The highest BCUT2D eigenvalue weighted by Gasteiger charge is 2.41. The fourth-order valence-corrected chi connectivity index (χ4v) is 4.93. The number of hydrogen-bond acceptors (Lipinski definition) is 4. The Morgan fingerprint density at radius 3 is 2.69 bits per heavy atom. The minimum atomic E-state index is -3.93. The zero-order valence-corrected chi connectivity index (χ0v) is 15.8. The maximum atomic E-state index is 13.3. The van der Waals surface area contributed by atoms with Crippen LogP contribution >= 0.6 is 22.9 Å². The number of nitrogens with one attached hydrogen (secondary N) is 2. The van der Waals surface area contributed by atoms with Crippen molar-refractivity contribution in [2.24, 2.45) is 0 Å². The number of nitrogens with zero attached hydrogens (tertiary/aromatic N) is 1. The number of thiophene rings is 1. The van der Waals surface area contributed by atoms with Crippen molar-refractivity contribution in [1.29, 1.82) is 0 Å². The van der Waals surface area contributed by atoms with Crippen molar-refractivity contribution < 1.29 is 22.0 Å². The highest BCUT2D eigenvalue weighted by Crippen LogP contribution is 2.32. The molecule has 0 saturated carbocycles. The lowest BCUT2D eigenvalue weighted by Gasteiger charge is -2.35. The van der Waals surface area contributed by atoms with E-state index in [1.54, 1.807) is 0 Å². The summed E-state index contributed by atoms with van der Waals surface area (Å²) >= 11 is 6.50. The number of carbonyl (C=O) groups is 1. The van der Waals surface area contributed by atoms with E-state index in [1.807, 2.05) is 0 Å². The van der Waals surface area contributed by atoms with E-state index in [4.69, 9.17) is 11.6 Å². The van der Waals surface area contributed by atoms with Crippen LogP contribution in [-0.4, -0.2) is 31.7 Å². The van der Waals surface area contributed by atoms with Gasteiger partial charge in [0.2, 0.25) is 5.91 Å². The van der Waals surface area contributed by atoms with Gasteiger partial charge in [0.15, 0.2) is 5.13 Å². The zero-order chi connectivity index (χ0) is 19.1. The summed E-state index contributed by atoms with van der Waals surface area (Å²) < 4.78 is 54.5. The van der Waals surface area contributed by atoms with E-state index in [2.05, 4.69) is 10.0 Å². The fraction of sp³-hybridized carbons (Fsp3) is 0.267. The SMILES string of the molecule is CN1[C@H](C(=O)Nc2ccc(F)c(Cl)c2)C[C@H](c2ccc(F)s2)NS1(=O)=O. The van der Waals surface area contributed by atoms with E-state index >= 15 is 0 Å². The topological polar surface area (TPSA) is 78.5 Å². The van der Waals surface area contributed by atoms with Crippen LogP contribution < -0.4 is 10.0 Å². The van der Waals surface area contributed by atoms with Gasteiger partial charge in [-0.15, -0.1) is 11.3 Å². The van der Waals surface area contributed by atoms with Crippen LogP contribution in [0.25, 0.3) is 0 Å². The summed E-state index contributed by atoms with van der Waals surface area (Å²) in [6.45, 7) is 0. The average Bonchev–Trinajstić information content (AvgIpc) is 2.99. The summed E-state index contributed by atoms with van der Waals surface area (Å²) in [5.74, 6) is -1.23. The van der Waals surface area contributed by atoms with E-state index < -0.39 is 39.1 Å². The van der Waals surface area contributed by atoms with Crippen LogP contribution in [0, 0.1) is 10.9 Å². The maximum Gasteiger partial charge on any atom is 0.280 e. The average molecular weight is 422 g/mol. The molecule has 11 heteroatoms. The quantitative estimate of drug-likeness (QED) is 0.799.